The minimum absolute atomic E-state index is 0.241. The molecule has 18 heavy (non-hydrogen) atoms. The summed E-state index contributed by atoms with van der Waals surface area (Å²) in [6, 6.07) is 0.927. The predicted molar refractivity (Wildman–Crippen MR) is 77.8 cm³/mol. The van der Waals surface area contributed by atoms with Crippen molar-refractivity contribution in [3.05, 3.63) is 0 Å². The molecule has 0 spiro atoms. The number of hydrogen-bond acceptors (Lipinski definition) is 3. The first-order valence-corrected chi connectivity index (χ1v) is 7.89. The second-order valence-corrected chi connectivity index (χ2v) is 6.41. The van der Waals surface area contributed by atoms with Gasteiger partial charge >= 0.3 is 0 Å². The zero-order valence-electron chi connectivity index (χ0n) is 12.3. The van der Waals surface area contributed by atoms with Gasteiger partial charge in [0.25, 0.3) is 0 Å². The highest BCUT2D eigenvalue weighted by Gasteiger charge is 2.36. The number of unbranched alkanes of at least 4 members (excludes halogenated alkanes) is 2. The highest BCUT2D eigenvalue weighted by molar-refractivity contribution is 4.93. The maximum absolute atomic E-state index is 6.07. The van der Waals surface area contributed by atoms with E-state index in [-0.39, 0.29) is 5.54 Å². The fourth-order valence-corrected chi connectivity index (χ4v) is 3.21. The Labute approximate surface area is 113 Å². The van der Waals surface area contributed by atoms with E-state index in [2.05, 4.69) is 23.6 Å². The second-order valence-electron chi connectivity index (χ2n) is 6.41. The van der Waals surface area contributed by atoms with Crippen LogP contribution in [-0.4, -0.2) is 54.1 Å². The van der Waals surface area contributed by atoms with Gasteiger partial charge < -0.3 is 5.73 Å². The van der Waals surface area contributed by atoms with Crippen molar-refractivity contribution in [2.24, 2.45) is 5.73 Å². The first-order chi connectivity index (χ1) is 8.69. The molecule has 0 aromatic heterocycles. The molecule has 1 saturated heterocycles. The summed E-state index contributed by atoms with van der Waals surface area (Å²) < 4.78 is 0. The quantitative estimate of drug-likeness (QED) is 0.705. The van der Waals surface area contributed by atoms with Crippen molar-refractivity contribution in [1.82, 2.24) is 9.80 Å². The van der Waals surface area contributed by atoms with Crippen molar-refractivity contribution < 1.29 is 0 Å². The lowest BCUT2D eigenvalue weighted by molar-refractivity contribution is 0.0371. The minimum Gasteiger partial charge on any atom is -0.329 e. The first kappa shape index (κ1) is 14.3. The summed E-state index contributed by atoms with van der Waals surface area (Å²) in [6.45, 7) is 10.4. The molecule has 1 aliphatic carbocycles. The van der Waals surface area contributed by atoms with Crippen LogP contribution in [0.25, 0.3) is 0 Å². The Balaban J connectivity index is 1.80. The molecule has 3 heteroatoms. The molecule has 1 heterocycles. The Morgan fingerprint density at radius 2 is 1.78 bits per heavy atom. The number of piperazine rings is 1. The van der Waals surface area contributed by atoms with Crippen LogP contribution in [0.3, 0.4) is 0 Å². The molecule has 2 rings (SSSR count). The highest BCUT2D eigenvalue weighted by atomic mass is 15.3. The van der Waals surface area contributed by atoms with Gasteiger partial charge in [0.15, 0.2) is 0 Å². The normalized spacial score (nSPS) is 26.2. The summed E-state index contributed by atoms with van der Waals surface area (Å²) in [5, 5.41) is 0. The lowest BCUT2D eigenvalue weighted by Crippen LogP contribution is -2.59. The standard InChI is InChI=1S/C15H31N3/c1-3-4-5-8-15(2,13-16)18-11-9-17(10-12-18)14-6-7-14/h14H,3-13,16H2,1-2H3. The lowest BCUT2D eigenvalue weighted by Gasteiger charge is -2.46. The van der Waals surface area contributed by atoms with Crippen molar-refractivity contribution >= 4 is 0 Å². The van der Waals surface area contributed by atoms with Gasteiger partial charge in [-0.05, 0) is 26.2 Å². The molecule has 3 nitrogen and oxygen atoms in total. The molecule has 2 N–H and O–H groups in total. The first-order valence-electron chi connectivity index (χ1n) is 7.89. The molecular formula is C15H31N3. The molecule has 1 unspecified atom stereocenters. The Morgan fingerprint density at radius 3 is 2.28 bits per heavy atom. The lowest BCUT2D eigenvalue weighted by atomic mass is 9.91. The predicted octanol–water partition coefficient (Wildman–Crippen LogP) is 2.06. The number of rotatable bonds is 7. The Kier molecular flexibility index (Phi) is 5.05. The van der Waals surface area contributed by atoms with E-state index in [9.17, 15) is 0 Å². The fraction of sp³-hybridized carbons (Fsp3) is 1.00. The van der Waals surface area contributed by atoms with Crippen molar-refractivity contribution in [2.75, 3.05) is 32.7 Å². The van der Waals surface area contributed by atoms with Crippen LogP contribution >= 0.6 is 0 Å². The zero-order chi connectivity index (χ0) is 13.0. The van der Waals surface area contributed by atoms with Gasteiger partial charge in [-0.2, -0.15) is 0 Å². The third kappa shape index (κ3) is 3.46. The van der Waals surface area contributed by atoms with E-state index in [0.717, 1.165) is 12.6 Å². The van der Waals surface area contributed by atoms with E-state index in [0.29, 0.717) is 0 Å². The van der Waals surface area contributed by atoms with Crippen molar-refractivity contribution in [3.63, 3.8) is 0 Å². The monoisotopic (exact) mass is 253 g/mol. The molecular weight excluding hydrogens is 222 g/mol. The third-order valence-corrected chi connectivity index (χ3v) is 4.90. The summed E-state index contributed by atoms with van der Waals surface area (Å²) in [7, 11) is 0. The molecule has 2 fully saturated rings. The zero-order valence-corrected chi connectivity index (χ0v) is 12.3. The van der Waals surface area contributed by atoms with E-state index >= 15 is 0 Å². The van der Waals surface area contributed by atoms with Crippen molar-refractivity contribution in [3.8, 4) is 0 Å². The molecule has 0 bridgehead atoms. The molecule has 1 saturated carbocycles. The number of hydrogen-bond donors (Lipinski definition) is 1. The molecule has 0 aromatic carbocycles. The van der Waals surface area contributed by atoms with Crippen LogP contribution in [0.1, 0.15) is 52.4 Å². The van der Waals surface area contributed by atoms with E-state index in [1.165, 1.54) is 64.7 Å². The van der Waals surface area contributed by atoms with Gasteiger partial charge in [-0.3, -0.25) is 9.80 Å². The molecule has 2 aliphatic rings. The minimum atomic E-state index is 0.241. The van der Waals surface area contributed by atoms with E-state index in [1.54, 1.807) is 0 Å². The molecule has 0 radical (unpaired) electrons. The molecule has 106 valence electrons. The second kappa shape index (κ2) is 6.36. The maximum atomic E-state index is 6.07. The van der Waals surface area contributed by atoms with Crippen LogP contribution < -0.4 is 5.73 Å². The molecule has 0 amide bonds. The topological polar surface area (TPSA) is 32.5 Å². The van der Waals surface area contributed by atoms with Crippen LogP contribution in [0.4, 0.5) is 0 Å². The maximum Gasteiger partial charge on any atom is 0.0304 e. The van der Waals surface area contributed by atoms with Crippen LogP contribution in [0, 0.1) is 0 Å². The van der Waals surface area contributed by atoms with Crippen molar-refractivity contribution in [1.29, 1.82) is 0 Å². The third-order valence-electron chi connectivity index (χ3n) is 4.90. The Bertz CT molecular complexity index is 244. The van der Waals surface area contributed by atoms with Gasteiger partial charge in [0.2, 0.25) is 0 Å². The number of nitrogens with two attached hydrogens (primary N) is 1. The summed E-state index contributed by atoms with van der Waals surface area (Å²) in [4.78, 5) is 5.33. The Hall–Kier alpha value is -0.120. The summed E-state index contributed by atoms with van der Waals surface area (Å²) >= 11 is 0. The summed E-state index contributed by atoms with van der Waals surface area (Å²) in [5.41, 5.74) is 6.31. The van der Waals surface area contributed by atoms with E-state index in [4.69, 9.17) is 5.73 Å². The van der Waals surface area contributed by atoms with Crippen molar-refractivity contribution in [2.45, 2.75) is 64.0 Å². The highest BCUT2D eigenvalue weighted by Crippen LogP contribution is 2.29. The smallest absolute Gasteiger partial charge is 0.0304 e. The van der Waals surface area contributed by atoms with E-state index < -0.39 is 0 Å². The average molecular weight is 253 g/mol. The van der Waals surface area contributed by atoms with Gasteiger partial charge in [0.05, 0.1) is 0 Å². The van der Waals surface area contributed by atoms with Crippen LogP contribution in [0.5, 0.6) is 0 Å². The fourth-order valence-electron chi connectivity index (χ4n) is 3.21. The summed E-state index contributed by atoms with van der Waals surface area (Å²) in [5.74, 6) is 0. The van der Waals surface area contributed by atoms with Gasteiger partial charge in [-0.25, -0.2) is 0 Å². The molecule has 1 aliphatic heterocycles. The molecule has 0 aromatic rings. The Morgan fingerprint density at radius 1 is 1.11 bits per heavy atom. The van der Waals surface area contributed by atoms with Crippen LogP contribution in [-0.2, 0) is 0 Å². The van der Waals surface area contributed by atoms with Gasteiger partial charge in [-0.15, -0.1) is 0 Å². The largest absolute Gasteiger partial charge is 0.329 e. The van der Waals surface area contributed by atoms with Crippen LogP contribution in [0.2, 0.25) is 0 Å². The van der Waals surface area contributed by atoms with Gasteiger partial charge in [-0.1, -0.05) is 26.2 Å². The molecule has 1 atom stereocenters. The van der Waals surface area contributed by atoms with Gasteiger partial charge in [0.1, 0.15) is 0 Å². The van der Waals surface area contributed by atoms with E-state index in [1.807, 2.05) is 0 Å². The van der Waals surface area contributed by atoms with Gasteiger partial charge in [0, 0.05) is 44.3 Å². The number of nitrogens with zero attached hydrogens (tertiary/aromatic N) is 2. The van der Waals surface area contributed by atoms with Crippen LogP contribution in [0.15, 0.2) is 0 Å². The SMILES string of the molecule is CCCCCC(C)(CN)N1CCN(C2CC2)CC1. The average Bonchev–Trinajstić information content (AvgIpc) is 3.23. The summed E-state index contributed by atoms with van der Waals surface area (Å²) in [6.07, 6.45) is 8.11.